The Labute approximate surface area is 225 Å². The zero-order chi connectivity index (χ0) is 27.6. The quantitative estimate of drug-likeness (QED) is 0.398. The van der Waals surface area contributed by atoms with Crippen molar-refractivity contribution in [1.29, 1.82) is 0 Å². The number of methoxy groups -OCH3 is 1. The summed E-state index contributed by atoms with van der Waals surface area (Å²) in [7, 11) is 1.41. The van der Waals surface area contributed by atoms with Gasteiger partial charge in [0.05, 0.1) is 19.1 Å². The van der Waals surface area contributed by atoms with Gasteiger partial charge in [0.15, 0.2) is 11.6 Å². The van der Waals surface area contributed by atoms with Crippen LogP contribution in [0.1, 0.15) is 72.3 Å². The molecule has 1 fully saturated rings. The first-order chi connectivity index (χ1) is 18.0. The van der Waals surface area contributed by atoms with Gasteiger partial charge in [-0.2, -0.15) is 0 Å². The summed E-state index contributed by atoms with van der Waals surface area (Å²) < 4.78 is 20.0. The van der Waals surface area contributed by atoms with E-state index in [1.807, 2.05) is 56.3 Å². The molecule has 4 rings (SSSR count). The highest BCUT2D eigenvalue weighted by Crippen LogP contribution is 2.40. The number of piperidine rings is 1. The standard InChI is InChI=1S/C32H37FN2O3/c1-20-10-7-11-21(2)28(20)31(37)35-17-9-14-25(29(35)22-15-16-27(38-6)26(33)18-22)30(36)34-24-13-8-12-23(19-24)32(3,4)5/h7-8,10-13,15-16,18-19,25,29H,9,14,17H2,1-6H3,(H,34,36). The molecule has 1 saturated heterocycles. The Bertz CT molecular complexity index is 1320. The second-order valence-electron chi connectivity index (χ2n) is 11.2. The lowest BCUT2D eigenvalue weighted by Gasteiger charge is -2.41. The summed E-state index contributed by atoms with van der Waals surface area (Å²) in [6.45, 7) is 10.7. The third kappa shape index (κ3) is 5.59. The molecular weight excluding hydrogens is 479 g/mol. The Balaban J connectivity index is 1.74. The lowest BCUT2D eigenvalue weighted by molar-refractivity contribution is -0.123. The maximum Gasteiger partial charge on any atom is 0.254 e. The second-order valence-corrected chi connectivity index (χ2v) is 11.2. The molecule has 1 N–H and O–H groups in total. The Morgan fingerprint density at radius 3 is 2.32 bits per heavy atom. The van der Waals surface area contributed by atoms with Gasteiger partial charge < -0.3 is 15.0 Å². The molecule has 0 spiro atoms. The normalized spacial score (nSPS) is 17.7. The van der Waals surface area contributed by atoms with E-state index in [1.165, 1.54) is 13.2 Å². The fourth-order valence-corrected chi connectivity index (χ4v) is 5.37. The number of hydrogen-bond acceptors (Lipinski definition) is 3. The molecule has 38 heavy (non-hydrogen) atoms. The summed E-state index contributed by atoms with van der Waals surface area (Å²) in [6.07, 6.45) is 1.26. The number of halogens is 1. The third-order valence-electron chi connectivity index (χ3n) is 7.44. The van der Waals surface area contributed by atoms with Gasteiger partial charge in [0, 0.05) is 17.8 Å². The fraction of sp³-hybridized carbons (Fsp3) is 0.375. The van der Waals surface area contributed by atoms with Gasteiger partial charge in [0.2, 0.25) is 5.91 Å². The molecule has 0 aromatic heterocycles. The van der Waals surface area contributed by atoms with Gasteiger partial charge in [-0.1, -0.05) is 57.2 Å². The van der Waals surface area contributed by atoms with Gasteiger partial charge in [0.25, 0.3) is 5.91 Å². The van der Waals surface area contributed by atoms with E-state index >= 15 is 0 Å². The third-order valence-corrected chi connectivity index (χ3v) is 7.44. The maximum absolute atomic E-state index is 14.9. The average Bonchev–Trinajstić information content (AvgIpc) is 2.87. The topological polar surface area (TPSA) is 58.6 Å². The molecule has 0 bridgehead atoms. The van der Waals surface area contributed by atoms with E-state index in [-0.39, 0.29) is 23.0 Å². The molecule has 2 amide bonds. The fourth-order valence-electron chi connectivity index (χ4n) is 5.37. The number of aryl methyl sites for hydroxylation is 2. The minimum Gasteiger partial charge on any atom is -0.494 e. The predicted molar refractivity (Wildman–Crippen MR) is 149 cm³/mol. The summed E-state index contributed by atoms with van der Waals surface area (Å²) in [4.78, 5) is 29.5. The van der Waals surface area contributed by atoms with Crippen molar-refractivity contribution in [3.8, 4) is 5.75 Å². The first kappa shape index (κ1) is 27.4. The number of carbonyl (C=O) groups is 2. The van der Waals surface area contributed by atoms with E-state index in [0.29, 0.717) is 36.2 Å². The lowest BCUT2D eigenvalue weighted by Crippen LogP contribution is -2.46. The number of ether oxygens (including phenoxy) is 1. The second kappa shape index (κ2) is 11.0. The Morgan fingerprint density at radius 1 is 1.00 bits per heavy atom. The Kier molecular flexibility index (Phi) is 7.91. The van der Waals surface area contributed by atoms with E-state index in [1.54, 1.807) is 17.0 Å². The SMILES string of the molecule is COc1ccc(C2C(C(=O)Nc3cccc(C(C)(C)C)c3)CCCN2C(=O)c2c(C)cccc2C)cc1F. The van der Waals surface area contributed by atoms with Crippen molar-refractivity contribution >= 4 is 17.5 Å². The summed E-state index contributed by atoms with van der Waals surface area (Å²) >= 11 is 0. The number of carbonyl (C=O) groups excluding carboxylic acids is 2. The average molecular weight is 517 g/mol. The number of anilines is 1. The molecule has 0 aliphatic carbocycles. The van der Waals surface area contributed by atoms with Crippen molar-refractivity contribution in [2.75, 3.05) is 19.0 Å². The zero-order valence-corrected chi connectivity index (χ0v) is 23.1. The first-order valence-electron chi connectivity index (χ1n) is 13.1. The number of amides is 2. The molecule has 1 heterocycles. The summed E-state index contributed by atoms with van der Waals surface area (Å²) in [5.74, 6) is -1.28. The summed E-state index contributed by atoms with van der Waals surface area (Å²) in [5, 5.41) is 3.09. The molecule has 3 aromatic carbocycles. The largest absolute Gasteiger partial charge is 0.494 e. The molecule has 0 radical (unpaired) electrons. The van der Waals surface area contributed by atoms with Crippen molar-refractivity contribution in [3.05, 3.63) is 94.3 Å². The van der Waals surface area contributed by atoms with E-state index < -0.39 is 17.8 Å². The highest BCUT2D eigenvalue weighted by molar-refractivity contribution is 5.99. The molecule has 1 aliphatic heterocycles. The van der Waals surface area contributed by atoms with Crippen LogP contribution in [0.5, 0.6) is 5.75 Å². The highest BCUT2D eigenvalue weighted by atomic mass is 19.1. The number of likely N-dealkylation sites (tertiary alicyclic amines) is 1. The smallest absolute Gasteiger partial charge is 0.254 e. The molecule has 2 unspecified atom stereocenters. The Hall–Kier alpha value is -3.67. The van der Waals surface area contributed by atoms with Crippen LogP contribution in [0, 0.1) is 25.6 Å². The van der Waals surface area contributed by atoms with Crippen molar-refractivity contribution in [2.24, 2.45) is 5.92 Å². The van der Waals surface area contributed by atoms with Crippen LogP contribution in [0.25, 0.3) is 0 Å². The molecule has 6 heteroatoms. The van der Waals surface area contributed by atoms with Crippen LogP contribution in [0.2, 0.25) is 0 Å². The zero-order valence-electron chi connectivity index (χ0n) is 23.1. The van der Waals surface area contributed by atoms with Crippen molar-refractivity contribution < 1.29 is 18.7 Å². The van der Waals surface area contributed by atoms with E-state index in [0.717, 1.165) is 16.7 Å². The van der Waals surface area contributed by atoms with Crippen LogP contribution < -0.4 is 10.1 Å². The highest BCUT2D eigenvalue weighted by Gasteiger charge is 2.40. The van der Waals surface area contributed by atoms with Gasteiger partial charge in [-0.15, -0.1) is 0 Å². The lowest BCUT2D eigenvalue weighted by atomic mass is 9.82. The van der Waals surface area contributed by atoms with Gasteiger partial charge in [-0.05, 0) is 78.6 Å². The molecule has 200 valence electrons. The monoisotopic (exact) mass is 516 g/mol. The van der Waals surface area contributed by atoms with Gasteiger partial charge in [-0.3, -0.25) is 9.59 Å². The van der Waals surface area contributed by atoms with E-state index in [2.05, 4.69) is 26.1 Å². The van der Waals surface area contributed by atoms with Crippen molar-refractivity contribution in [2.45, 2.75) is 58.9 Å². The maximum atomic E-state index is 14.9. The number of rotatable bonds is 5. The molecule has 2 atom stereocenters. The van der Waals surface area contributed by atoms with E-state index in [9.17, 15) is 14.0 Å². The van der Waals surface area contributed by atoms with Crippen LogP contribution in [-0.2, 0) is 10.2 Å². The van der Waals surface area contributed by atoms with E-state index in [4.69, 9.17) is 4.74 Å². The van der Waals surface area contributed by atoms with Crippen LogP contribution in [-0.4, -0.2) is 30.4 Å². The minimum absolute atomic E-state index is 0.0661. The van der Waals surface area contributed by atoms with Gasteiger partial charge >= 0.3 is 0 Å². The van der Waals surface area contributed by atoms with Crippen LogP contribution >= 0.6 is 0 Å². The first-order valence-corrected chi connectivity index (χ1v) is 13.1. The minimum atomic E-state index is -0.624. The summed E-state index contributed by atoms with van der Waals surface area (Å²) in [5.41, 5.74) is 4.71. The van der Waals surface area contributed by atoms with Crippen LogP contribution in [0.15, 0.2) is 60.7 Å². The molecular formula is C32H37FN2O3. The summed E-state index contributed by atoms with van der Waals surface area (Å²) in [6, 6.07) is 17.7. The molecule has 5 nitrogen and oxygen atoms in total. The number of nitrogens with one attached hydrogen (secondary N) is 1. The number of nitrogens with zero attached hydrogens (tertiary/aromatic N) is 1. The molecule has 3 aromatic rings. The van der Waals surface area contributed by atoms with Gasteiger partial charge in [0.1, 0.15) is 0 Å². The van der Waals surface area contributed by atoms with Crippen LogP contribution in [0.4, 0.5) is 10.1 Å². The predicted octanol–water partition coefficient (Wildman–Crippen LogP) is 6.98. The van der Waals surface area contributed by atoms with Crippen molar-refractivity contribution in [1.82, 2.24) is 4.90 Å². The Morgan fingerprint density at radius 2 is 1.68 bits per heavy atom. The molecule has 1 aliphatic rings. The number of benzene rings is 3. The van der Waals surface area contributed by atoms with Gasteiger partial charge in [-0.25, -0.2) is 4.39 Å². The van der Waals surface area contributed by atoms with Crippen molar-refractivity contribution in [3.63, 3.8) is 0 Å². The number of hydrogen-bond donors (Lipinski definition) is 1. The van der Waals surface area contributed by atoms with Crippen LogP contribution in [0.3, 0.4) is 0 Å². The molecule has 0 saturated carbocycles.